The molecule has 0 aliphatic heterocycles. The molecule has 0 aliphatic carbocycles. The second-order valence-electron chi connectivity index (χ2n) is 5.69. The van der Waals surface area contributed by atoms with Crippen LogP contribution in [0.3, 0.4) is 0 Å². The molecule has 2 rings (SSSR count). The average Bonchev–Trinajstić information content (AvgIpc) is 2.66. The van der Waals surface area contributed by atoms with Crippen LogP contribution in [-0.2, 0) is 9.59 Å². The number of nitrogens with zero attached hydrogens (tertiary/aromatic N) is 1. The van der Waals surface area contributed by atoms with Gasteiger partial charge >= 0.3 is 0 Å². The van der Waals surface area contributed by atoms with Crippen molar-refractivity contribution in [2.24, 2.45) is 0 Å². The normalized spacial score (nSPS) is 10.3. The minimum absolute atomic E-state index is 0.0843. The number of amides is 2. The molecule has 0 unspecified atom stereocenters. The standard InChI is InChI=1S/C21H19BrN2O3/c1-4-15-6-5-7-18(12-15)23-20(25)14-24(2)21(26)11-8-16-13-17(22)9-10-19(16)27-3/h1,5-13H,14H2,2-3H3,(H,23,25)/b11-8+. The van der Waals surface area contributed by atoms with Crippen LogP contribution in [0.5, 0.6) is 5.75 Å². The molecule has 2 aromatic carbocycles. The van der Waals surface area contributed by atoms with Crippen LogP contribution in [0.15, 0.2) is 53.0 Å². The van der Waals surface area contributed by atoms with Crippen LogP contribution < -0.4 is 10.1 Å². The van der Waals surface area contributed by atoms with Crippen LogP contribution >= 0.6 is 15.9 Å². The topological polar surface area (TPSA) is 58.6 Å². The van der Waals surface area contributed by atoms with Crippen molar-refractivity contribution in [3.8, 4) is 18.1 Å². The number of anilines is 1. The summed E-state index contributed by atoms with van der Waals surface area (Å²) in [7, 11) is 3.12. The lowest BCUT2D eigenvalue weighted by molar-refractivity contribution is -0.129. The Hall–Kier alpha value is -3.04. The van der Waals surface area contributed by atoms with E-state index in [1.165, 1.54) is 11.0 Å². The Bertz CT molecular complexity index is 916. The molecule has 0 saturated heterocycles. The van der Waals surface area contributed by atoms with Gasteiger partial charge in [0.05, 0.1) is 13.7 Å². The van der Waals surface area contributed by atoms with E-state index in [2.05, 4.69) is 27.2 Å². The summed E-state index contributed by atoms with van der Waals surface area (Å²) in [6.07, 6.45) is 8.40. The summed E-state index contributed by atoms with van der Waals surface area (Å²) < 4.78 is 6.14. The van der Waals surface area contributed by atoms with Gasteiger partial charge in [-0.15, -0.1) is 6.42 Å². The van der Waals surface area contributed by atoms with E-state index in [1.807, 2.05) is 12.1 Å². The van der Waals surface area contributed by atoms with Crippen LogP contribution in [-0.4, -0.2) is 37.4 Å². The molecule has 0 atom stereocenters. The first-order chi connectivity index (χ1) is 12.9. The van der Waals surface area contributed by atoms with E-state index in [0.29, 0.717) is 17.0 Å². The van der Waals surface area contributed by atoms with Crippen molar-refractivity contribution in [3.05, 3.63) is 64.1 Å². The van der Waals surface area contributed by atoms with Crippen molar-refractivity contribution < 1.29 is 14.3 Å². The molecule has 6 heteroatoms. The number of carbonyl (C=O) groups is 2. The zero-order chi connectivity index (χ0) is 19.8. The largest absolute Gasteiger partial charge is 0.496 e. The SMILES string of the molecule is C#Cc1cccc(NC(=O)CN(C)C(=O)/C=C/c2cc(Br)ccc2OC)c1. The highest BCUT2D eigenvalue weighted by Gasteiger charge is 2.11. The molecule has 0 aromatic heterocycles. The number of ether oxygens (including phenoxy) is 1. The molecule has 0 bridgehead atoms. The minimum Gasteiger partial charge on any atom is -0.496 e. The molecule has 5 nitrogen and oxygen atoms in total. The summed E-state index contributed by atoms with van der Waals surface area (Å²) >= 11 is 3.39. The molecule has 2 amide bonds. The van der Waals surface area contributed by atoms with Gasteiger partial charge < -0.3 is 15.0 Å². The fraction of sp³-hybridized carbons (Fsp3) is 0.143. The van der Waals surface area contributed by atoms with Crippen LogP contribution in [0, 0.1) is 12.3 Å². The fourth-order valence-corrected chi connectivity index (χ4v) is 2.68. The molecule has 0 aliphatic rings. The maximum atomic E-state index is 12.3. The van der Waals surface area contributed by atoms with Crippen LogP contribution in [0.4, 0.5) is 5.69 Å². The zero-order valence-electron chi connectivity index (χ0n) is 15.0. The predicted molar refractivity (Wildman–Crippen MR) is 110 cm³/mol. The lowest BCUT2D eigenvalue weighted by atomic mass is 10.2. The third-order valence-corrected chi connectivity index (χ3v) is 4.16. The number of nitrogens with one attached hydrogen (secondary N) is 1. The van der Waals surface area contributed by atoms with Crippen molar-refractivity contribution in [2.75, 3.05) is 26.0 Å². The van der Waals surface area contributed by atoms with Gasteiger partial charge in [-0.25, -0.2) is 0 Å². The monoisotopic (exact) mass is 426 g/mol. The summed E-state index contributed by atoms with van der Waals surface area (Å²) in [6, 6.07) is 12.5. The first-order valence-electron chi connectivity index (χ1n) is 8.06. The van der Waals surface area contributed by atoms with Gasteiger partial charge in [0.25, 0.3) is 0 Å². The highest BCUT2D eigenvalue weighted by molar-refractivity contribution is 9.10. The summed E-state index contributed by atoms with van der Waals surface area (Å²) in [5, 5.41) is 2.72. The Balaban J connectivity index is 1.98. The Kier molecular flexibility index (Phi) is 7.21. The maximum absolute atomic E-state index is 12.3. The maximum Gasteiger partial charge on any atom is 0.246 e. The fourth-order valence-electron chi connectivity index (χ4n) is 2.30. The Morgan fingerprint density at radius 1 is 1.30 bits per heavy atom. The molecule has 0 spiro atoms. The van der Waals surface area contributed by atoms with Gasteiger partial charge in [-0.2, -0.15) is 0 Å². The summed E-state index contributed by atoms with van der Waals surface area (Å²) in [5.74, 6) is 2.54. The van der Waals surface area contributed by atoms with Crippen molar-refractivity contribution in [3.63, 3.8) is 0 Å². The molecule has 27 heavy (non-hydrogen) atoms. The minimum atomic E-state index is -0.312. The van der Waals surface area contributed by atoms with Crippen molar-refractivity contribution in [2.45, 2.75) is 0 Å². The second-order valence-corrected chi connectivity index (χ2v) is 6.60. The number of methoxy groups -OCH3 is 1. The highest BCUT2D eigenvalue weighted by atomic mass is 79.9. The molecular formula is C21H19BrN2O3. The number of terminal acetylenes is 1. The van der Waals surface area contributed by atoms with Gasteiger partial charge in [0.15, 0.2) is 0 Å². The number of benzene rings is 2. The van der Waals surface area contributed by atoms with Gasteiger partial charge in [-0.05, 0) is 42.5 Å². The van der Waals surface area contributed by atoms with Gasteiger partial charge in [0.2, 0.25) is 11.8 Å². The van der Waals surface area contributed by atoms with E-state index in [9.17, 15) is 9.59 Å². The van der Waals surface area contributed by atoms with E-state index in [0.717, 1.165) is 10.0 Å². The smallest absolute Gasteiger partial charge is 0.246 e. The number of carbonyl (C=O) groups excluding carboxylic acids is 2. The molecular weight excluding hydrogens is 408 g/mol. The van der Waals surface area contributed by atoms with Crippen LogP contribution in [0.1, 0.15) is 11.1 Å². The van der Waals surface area contributed by atoms with E-state index >= 15 is 0 Å². The van der Waals surface area contributed by atoms with E-state index < -0.39 is 0 Å². The van der Waals surface area contributed by atoms with E-state index in [4.69, 9.17) is 11.2 Å². The first-order valence-corrected chi connectivity index (χ1v) is 8.85. The molecule has 138 valence electrons. The third-order valence-electron chi connectivity index (χ3n) is 3.67. The van der Waals surface area contributed by atoms with Gasteiger partial charge in [-0.3, -0.25) is 9.59 Å². The van der Waals surface area contributed by atoms with Gasteiger partial charge in [0, 0.05) is 34.4 Å². The Morgan fingerprint density at radius 2 is 2.07 bits per heavy atom. The Labute approximate surface area is 167 Å². The van der Waals surface area contributed by atoms with Crippen molar-refractivity contribution in [1.82, 2.24) is 4.90 Å². The first kappa shape index (κ1) is 20.3. The highest BCUT2D eigenvalue weighted by Crippen LogP contribution is 2.24. The molecule has 0 radical (unpaired) electrons. The van der Waals surface area contributed by atoms with Crippen molar-refractivity contribution >= 4 is 39.5 Å². The lowest BCUT2D eigenvalue weighted by Gasteiger charge is -2.15. The van der Waals surface area contributed by atoms with Gasteiger partial charge in [0.1, 0.15) is 5.75 Å². The lowest BCUT2D eigenvalue weighted by Crippen LogP contribution is -2.33. The number of likely N-dealkylation sites (N-methyl/N-ethyl adjacent to an activating group) is 1. The number of rotatable bonds is 6. The predicted octanol–water partition coefficient (Wildman–Crippen LogP) is 3.55. The van der Waals surface area contributed by atoms with Crippen LogP contribution in [0.2, 0.25) is 0 Å². The number of hydrogen-bond donors (Lipinski definition) is 1. The second kappa shape index (κ2) is 9.60. The number of hydrogen-bond acceptors (Lipinski definition) is 3. The molecule has 0 heterocycles. The third kappa shape index (κ3) is 6.01. The zero-order valence-corrected chi connectivity index (χ0v) is 16.6. The molecule has 2 aromatic rings. The quantitative estimate of drug-likeness (QED) is 0.567. The average molecular weight is 427 g/mol. The molecule has 0 fully saturated rings. The number of halogens is 1. The van der Waals surface area contributed by atoms with E-state index in [1.54, 1.807) is 50.6 Å². The Morgan fingerprint density at radius 3 is 2.78 bits per heavy atom. The van der Waals surface area contributed by atoms with Gasteiger partial charge in [-0.1, -0.05) is 27.9 Å². The van der Waals surface area contributed by atoms with Crippen LogP contribution in [0.25, 0.3) is 6.08 Å². The molecule has 1 N–H and O–H groups in total. The van der Waals surface area contributed by atoms with E-state index in [-0.39, 0.29) is 18.4 Å². The summed E-state index contributed by atoms with van der Waals surface area (Å²) in [5.41, 5.74) is 2.01. The summed E-state index contributed by atoms with van der Waals surface area (Å²) in [6.45, 7) is -0.0843. The summed E-state index contributed by atoms with van der Waals surface area (Å²) in [4.78, 5) is 25.7. The van der Waals surface area contributed by atoms with Crippen molar-refractivity contribution in [1.29, 1.82) is 0 Å². The molecule has 0 saturated carbocycles.